The van der Waals surface area contributed by atoms with Gasteiger partial charge in [0.25, 0.3) is 0 Å². The fraction of sp³-hybridized carbons (Fsp3) is 0.400. The predicted octanol–water partition coefficient (Wildman–Crippen LogP) is 2.84. The molecule has 0 aromatic carbocycles. The maximum atomic E-state index is 3.17. The van der Waals surface area contributed by atoms with E-state index in [2.05, 4.69) is 25.2 Å². The van der Waals surface area contributed by atoms with E-state index in [1.807, 2.05) is 12.2 Å². The fourth-order valence-corrected chi connectivity index (χ4v) is 0.877. The molecule has 0 nitrogen and oxygen atoms in total. The van der Waals surface area contributed by atoms with Gasteiger partial charge < -0.3 is 0 Å². The zero-order chi connectivity index (χ0) is 7.23. The molecule has 52 valence electrons. The van der Waals surface area contributed by atoms with Crippen LogP contribution in [0.25, 0.3) is 0 Å². The minimum Gasteiger partial charge on any atom is -0.0804 e. The summed E-state index contributed by atoms with van der Waals surface area (Å²) in [5, 5.41) is 0. The highest BCUT2D eigenvalue weighted by Crippen LogP contribution is 2.09. The highest BCUT2D eigenvalue weighted by molar-refractivity contribution is 5.21. The number of allylic oxidation sites excluding steroid dienone is 6. The molecule has 0 N–H and O–H groups in total. The summed E-state index contributed by atoms with van der Waals surface area (Å²) in [5.74, 6) is 0. The van der Waals surface area contributed by atoms with Gasteiger partial charge in [0, 0.05) is 0 Å². The molecule has 1 aliphatic carbocycles. The second kappa shape index (κ2) is 4.10. The summed E-state index contributed by atoms with van der Waals surface area (Å²) in [7, 11) is 0. The first-order valence-electron chi connectivity index (χ1n) is 3.77. The van der Waals surface area contributed by atoms with Gasteiger partial charge in [0.1, 0.15) is 0 Å². The number of unbranched alkanes of at least 4 members (excludes halogenated alkanes) is 1. The van der Waals surface area contributed by atoms with E-state index in [4.69, 9.17) is 0 Å². The molecule has 0 aromatic rings. The zero-order valence-corrected chi connectivity index (χ0v) is 6.35. The van der Waals surface area contributed by atoms with E-state index in [1.165, 1.54) is 12.0 Å². The molecule has 0 amide bonds. The Balaban J connectivity index is 2.42. The summed E-state index contributed by atoms with van der Waals surface area (Å²) in [4.78, 5) is 0. The summed E-state index contributed by atoms with van der Waals surface area (Å²) in [6.45, 7) is 2.18. The van der Waals surface area contributed by atoms with Gasteiger partial charge in [-0.25, -0.2) is 0 Å². The van der Waals surface area contributed by atoms with Crippen molar-refractivity contribution in [2.75, 3.05) is 0 Å². The molecule has 0 fully saturated rings. The molecule has 0 aromatic heterocycles. The van der Waals surface area contributed by atoms with Crippen molar-refractivity contribution in [1.82, 2.24) is 0 Å². The van der Waals surface area contributed by atoms with E-state index in [9.17, 15) is 0 Å². The van der Waals surface area contributed by atoms with E-state index >= 15 is 0 Å². The summed E-state index contributed by atoms with van der Waals surface area (Å²) in [6.07, 6.45) is 15.7. The van der Waals surface area contributed by atoms with E-state index in [0.29, 0.717) is 0 Å². The van der Waals surface area contributed by atoms with Gasteiger partial charge in [-0.2, -0.15) is 0 Å². The standard InChI is InChI=1S/C10H12/c1-2-3-7-10-8-5-4-6-9-10/h4-5,7H,2-3,9H2,1H3. The SMILES string of the molecule is CCCC=C1[C]=CC=[C]C1. The third kappa shape index (κ3) is 2.22. The van der Waals surface area contributed by atoms with Crippen molar-refractivity contribution in [3.63, 3.8) is 0 Å². The molecule has 0 unspecified atom stereocenters. The van der Waals surface area contributed by atoms with Crippen LogP contribution < -0.4 is 0 Å². The number of rotatable bonds is 2. The van der Waals surface area contributed by atoms with E-state index < -0.39 is 0 Å². The minimum absolute atomic E-state index is 0.941. The molecule has 0 atom stereocenters. The highest BCUT2D eigenvalue weighted by atomic mass is 14.0. The molecular formula is C10H12. The van der Waals surface area contributed by atoms with Crippen molar-refractivity contribution in [2.45, 2.75) is 26.2 Å². The van der Waals surface area contributed by atoms with Crippen LogP contribution in [-0.2, 0) is 0 Å². The summed E-state index contributed by atoms with van der Waals surface area (Å²) < 4.78 is 0. The smallest absolute Gasteiger partial charge is 0.00199 e. The van der Waals surface area contributed by atoms with Crippen molar-refractivity contribution >= 4 is 0 Å². The molecule has 0 bridgehead atoms. The largest absolute Gasteiger partial charge is 0.0804 e. The van der Waals surface area contributed by atoms with Gasteiger partial charge >= 0.3 is 0 Å². The van der Waals surface area contributed by atoms with Crippen molar-refractivity contribution in [3.8, 4) is 0 Å². The zero-order valence-electron chi connectivity index (χ0n) is 6.35. The van der Waals surface area contributed by atoms with Gasteiger partial charge in [-0.05, 0) is 30.6 Å². The highest BCUT2D eigenvalue weighted by Gasteiger charge is 1.92. The first-order valence-corrected chi connectivity index (χ1v) is 3.77. The Morgan fingerprint density at radius 1 is 1.60 bits per heavy atom. The van der Waals surface area contributed by atoms with E-state index in [0.717, 1.165) is 12.8 Å². The van der Waals surface area contributed by atoms with Crippen LogP contribution in [0.4, 0.5) is 0 Å². The van der Waals surface area contributed by atoms with E-state index in [-0.39, 0.29) is 0 Å². The molecule has 0 spiro atoms. The predicted molar refractivity (Wildman–Crippen MR) is 43.2 cm³/mol. The minimum atomic E-state index is 0.941. The maximum Gasteiger partial charge on any atom is -0.00199 e. The van der Waals surface area contributed by atoms with Crippen LogP contribution in [0.1, 0.15) is 26.2 Å². The van der Waals surface area contributed by atoms with Gasteiger partial charge in [0.05, 0.1) is 0 Å². The lowest BCUT2D eigenvalue weighted by Crippen LogP contribution is -1.81. The van der Waals surface area contributed by atoms with E-state index in [1.54, 1.807) is 0 Å². The molecule has 1 rings (SSSR count). The second-order valence-electron chi connectivity index (χ2n) is 2.38. The quantitative estimate of drug-likeness (QED) is 0.542. The Kier molecular flexibility index (Phi) is 3.01. The van der Waals surface area contributed by atoms with Crippen LogP contribution in [0.5, 0.6) is 0 Å². The molecule has 2 radical (unpaired) electrons. The van der Waals surface area contributed by atoms with Crippen molar-refractivity contribution < 1.29 is 0 Å². The topological polar surface area (TPSA) is 0 Å². The van der Waals surface area contributed by atoms with Crippen molar-refractivity contribution in [2.24, 2.45) is 0 Å². The Bertz CT molecular complexity index is 170. The van der Waals surface area contributed by atoms with Crippen molar-refractivity contribution in [3.05, 3.63) is 36.0 Å². The van der Waals surface area contributed by atoms with Gasteiger partial charge in [0.2, 0.25) is 0 Å². The Morgan fingerprint density at radius 3 is 3.10 bits per heavy atom. The molecular weight excluding hydrogens is 120 g/mol. The van der Waals surface area contributed by atoms with Gasteiger partial charge in [-0.3, -0.25) is 0 Å². The van der Waals surface area contributed by atoms with Crippen LogP contribution in [-0.4, -0.2) is 0 Å². The lowest BCUT2D eigenvalue weighted by molar-refractivity contribution is 0.944. The molecule has 0 heterocycles. The number of hydrogen-bond donors (Lipinski definition) is 0. The average molecular weight is 132 g/mol. The first kappa shape index (κ1) is 7.33. The second-order valence-corrected chi connectivity index (χ2v) is 2.38. The Hall–Kier alpha value is -0.780. The van der Waals surface area contributed by atoms with Crippen LogP contribution in [0.15, 0.2) is 23.8 Å². The normalized spacial score (nSPS) is 20.3. The van der Waals surface area contributed by atoms with Crippen LogP contribution in [0.3, 0.4) is 0 Å². The molecule has 10 heavy (non-hydrogen) atoms. The maximum absolute atomic E-state index is 3.17. The number of hydrogen-bond acceptors (Lipinski definition) is 0. The van der Waals surface area contributed by atoms with Gasteiger partial charge in [-0.15, -0.1) is 0 Å². The molecule has 0 heteroatoms. The van der Waals surface area contributed by atoms with Crippen molar-refractivity contribution in [1.29, 1.82) is 0 Å². The average Bonchev–Trinajstić information content (AvgIpc) is 2.03. The van der Waals surface area contributed by atoms with Crippen LogP contribution in [0, 0.1) is 12.2 Å². The molecule has 0 aliphatic heterocycles. The van der Waals surface area contributed by atoms with Gasteiger partial charge in [0.15, 0.2) is 0 Å². The molecule has 1 aliphatic rings. The lowest BCUT2D eigenvalue weighted by Gasteiger charge is -1.98. The summed E-state index contributed by atoms with van der Waals surface area (Å²) in [6, 6.07) is 0. The molecule has 0 saturated heterocycles. The summed E-state index contributed by atoms with van der Waals surface area (Å²) in [5.41, 5.74) is 1.28. The molecule has 0 saturated carbocycles. The third-order valence-corrected chi connectivity index (χ3v) is 1.44. The lowest BCUT2D eigenvalue weighted by atomic mass is 10.1. The van der Waals surface area contributed by atoms with Crippen LogP contribution >= 0.6 is 0 Å². The first-order chi connectivity index (χ1) is 4.93. The fourth-order valence-electron chi connectivity index (χ4n) is 0.877. The van der Waals surface area contributed by atoms with Crippen LogP contribution in [0.2, 0.25) is 0 Å². The Labute approximate surface area is 62.9 Å². The Morgan fingerprint density at radius 2 is 2.50 bits per heavy atom. The van der Waals surface area contributed by atoms with Gasteiger partial charge in [-0.1, -0.05) is 31.6 Å². The monoisotopic (exact) mass is 132 g/mol. The third-order valence-electron chi connectivity index (χ3n) is 1.44. The summed E-state index contributed by atoms with van der Waals surface area (Å²) >= 11 is 0.